The standard InChI is InChI=1S/C17H20N2O2S/c1-13(2)18-12-15-6-4-5-7-17(15)19-22(20,21)16-10-8-14(3)9-11-16/h4-13,19H,1-3H3. The molecule has 0 bridgehead atoms. The maximum Gasteiger partial charge on any atom is 0.261 e. The van der Waals surface area contributed by atoms with Crippen molar-refractivity contribution in [1.29, 1.82) is 0 Å². The first-order valence-electron chi connectivity index (χ1n) is 7.10. The molecule has 0 radical (unpaired) electrons. The van der Waals surface area contributed by atoms with E-state index in [-0.39, 0.29) is 10.9 Å². The minimum atomic E-state index is -3.60. The Kier molecular flexibility index (Phi) is 4.98. The zero-order valence-corrected chi connectivity index (χ0v) is 13.8. The molecule has 5 heteroatoms. The quantitative estimate of drug-likeness (QED) is 0.856. The van der Waals surface area contributed by atoms with Gasteiger partial charge in [0.2, 0.25) is 0 Å². The first-order chi connectivity index (χ1) is 10.4. The highest BCUT2D eigenvalue weighted by Crippen LogP contribution is 2.19. The Labute approximate surface area is 132 Å². The van der Waals surface area contributed by atoms with Crippen LogP contribution in [0.4, 0.5) is 5.69 Å². The van der Waals surface area contributed by atoms with Crippen molar-refractivity contribution in [1.82, 2.24) is 0 Å². The van der Waals surface area contributed by atoms with Gasteiger partial charge in [0.15, 0.2) is 0 Å². The van der Waals surface area contributed by atoms with Gasteiger partial charge in [0.1, 0.15) is 0 Å². The summed E-state index contributed by atoms with van der Waals surface area (Å²) in [5.41, 5.74) is 2.28. The molecule has 4 nitrogen and oxygen atoms in total. The lowest BCUT2D eigenvalue weighted by molar-refractivity contribution is 0.601. The van der Waals surface area contributed by atoms with Crippen molar-refractivity contribution in [2.45, 2.75) is 31.7 Å². The lowest BCUT2D eigenvalue weighted by atomic mass is 10.2. The van der Waals surface area contributed by atoms with Crippen LogP contribution in [0, 0.1) is 6.92 Å². The molecule has 2 aromatic carbocycles. The summed E-state index contributed by atoms with van der Waals surface area (Å²) in [6, 6.07) is 14.1. The molecule has 0 unspecified atom stereocenters. The number of anilines is 1. The van der Waals surface area contributed by atoms with Crippen LogP contribution in [0.3, 0.4) is 0 Å². The van der Waals surface area contributed by atoms with E-state index in [1.807, 2.05) is 32.9 Å². The molecule has 0 aliphatic rings. The van der Waals surface area contributed by atoms with Gasteiger partial charge >= 0.3 is 0 Å². The van der Waals surface area contributed by atoms with Crippen LogP contribution in [0.5, 0.6) is 0 Å². The van der Waals surface area contributed by atoms with Gasteiger partial charge in [-0.05, 0) is 39.0 Å². The maximum absolute atomic E-state index is 12.4. The molecular formula is C17H20N2O2S. The summed E-state index contributed by atoms with van der Waals surface area (Å²) in [5.74, 6) is 0. The van der Waals surface area contributed by atoms with E-state index in [9.17, 15) is 8.42 Å². The minimum absolute atomic E-state index is 0.154. The van der Waals surface area contributed by atoms with Gasteiger partial charge in [0, 0.05) is 17.8 Å². The molecule has 0 atom stereocenters. The predicted molar refractivity (Wildman–Crippen MR) is 91.2 cm³/mol. The molecular weight excluding hydrogens is 296 g/mol. The first kappa shape index (κ1) is 16.2. The van der Waals surface area contributed by atoms with Crippen LogP contribution in [0.15, 0.2) is 58.4 Å². The predicted octanol–water partition coefficient (Wildman–Crippen LogP) is 3.62. The van der Waals surface area contributed by atoms with Crippen LogP contribution in [0.2, 0.25) is 0 Å². The molecule has 0 aromatic heterocycles. The van der Waals surface area contributed by atoms with Crippen molar-refractivity contribution in [2.75, 3.05) is 4.72 Å². The normalized spacial score (nSPS) is 12.0. The zero-order valence-electron chi connectivity index (χ0n) is 12.9. The van der Waals surface area contributed by atoms with E-state index in [1.54, 1.807) is 42.6 Å². The number of nitrogens with one attached hydrogen (secondary N) is 1. The van der Waals surface area contributed by atoms with Gasteiger partial charge < -0.3 is 0 Å². The van der Waals surface area contributed by atoms with Gasteiger partial charge in [-0.25, -0.2) is 8.42 Å². The number of sulfonamides is 1. The molecule has 1 N–H and O–H groups in total. The van der Waals surface area contributed by atoms with E-state index >= 15 is 0 Å². The summed E-state index contributed by atoms with van der Waals surface area (Å²) in [6.45, 7) is 5.85. The molecule has 0 aliphatic heterocycles. The topological polar surface area (TPSA) is 58.5 Å². The molecule has 2 rings (SSSR count). The number of aryl methyl sites for hydroxylation is 1. The third-order valence-electron chi connectivity index (χ3n) is 3.05. The van der Waals surface area contributed by atoms with Crippen LogP contribution in [0.1, 0.15) is 25.0 Å². The Morgan fingerprint density at radius 3 is 2.32 bits per heavy atom. The van der Waals surface area contributed by atoms with E-state index in [0.717, 1.165) is 11.1 Å². The fourth-order valence-electron chi connectivity index (χ4n) is 1.85. The highest BCUT2D eigenvalue weighted by molar-refractivity contribution is 7.92. The van der Waals surface area contributed by atoms with Crippen LogP contribution < -0.4 is 4.72 Å². The van der Waals surface area contributed by atoms with E-state index in [1.165, 1.54) is 0 Å². The zero-order chi connectivity index (χ0) is 16.2. The highest BCUT2D eigenvalue weighted by Gasteiger charge is 2.15. The van der Waals surface area contributed by atoms with Gasteiger partial charge in [0.25, 0.3) is 10.0 Å². The molecule has 22 heavy (non-hydrogen) atoms. The Morgan fingerprint density at radius 1 is 1.05 bits per heavy atom. The fraction of sp³-hybridized carbons (Fsp3) is 0.235. The number of hydrogen-bond donors (Lipinski definition) is 1. The third kappa shape index (κ3) is 4.18. The van der Waals surface area contributed by atoms with E-state index in [2.05, 4.69) is 9.71 Å². The van der Waals surface area contributed by atoms with E-state index < -0.39 is 10.0 Å². The second-order valence-corrected chi connectivity index (χ2v) is 7.06. The van der Waals surface area contributed by atoms with Gasteiger partial charge in [-0.2, -0.15) is 0 Å². The van der Waals surface area contributed by atoms with Gasteiger partial charge in [-0.15, -0.1) is 0 Å². The van der Waals surface area contributed by atoms with Crippen molar-refractivity contribution in [3.63, 3.8) is 0 Å². The summed E-state index contributed by atoms with van der Waals surface area (Å²) in [5, 5.41) is 0. The number of aliphatic imine (C=N–C) groups is 1. The van der Waals surface area contributed by atoms with E-state index in [0.29, 0.717) is 5.69 Å². The molecule has 0 spiro atoms. The van der Waals surface area contributed by atoms with Crippen LogP contribution in [0.25, 0.3) is 0 Å². The van der Waals surface area contributed by atoms with E-state index in [4.69, 9.17) is 0 Å². The van der Waals surface area contributed by atoms with Crippen molar-refractivity contribution in [3.8, 4) is 0 Å². The average molecular weight is 316 g/mol. The molecule has 0 aliphatic carbocycles. The molecule has 0 saturated carbocycles. The summed E-state index contributed by atoms with van der Waals surface area (Å²) in [4.78, 5) is 4.55. The number of rotatable bonds is 5. The summed E-state index contributed by atoms with van der Waals surface area (Å²) in [7, 11) is -3.60. The Morgan fingerprint density at radius 2 is 1.68 bits per heavy atom. The van der Waals surface area contributed by atoms with Crippen molar-refractivity contribution >= 4 is 21.9 Å². The molecule has 0 amide bonds. The largest absolute Gasteiger partial charge is 0.290 e. The number of benzene rings is 2. The van der Waals surface area contributed by atoms with Crippen LogP contribution >= 0.6 is 0 Å². The Hall–Kier alpha value is -2.14. The summed E-state index contributed by atoms with van der Waals surface area (Å²) >= 11 is 0. The second kappa shape index (κ2) is 6.75. The number of hydrogen-bond acceptors (Lipinski definition) is 3. The average Bonchev–Trinajstić information content (AvgIpc) is 2.46. The Balaban J connectivity index is 2.32. The van der Waals surface area contributed by atoms with Crippen LogP contribution in [-0.4, -0.2) is 20.7 Å². The van der Waals surface area contributed by atoms with Gasteiger partial charge in [0.05, 0.1) is 10.6 Å². The fourth-order valence-corrected chi connectivity index (χ4v) is 2.94. The Bertz CT molecular complexity index is 764. The van der Waals surface area contributed by atoms with Crippen molar-refractivity contribution < 1.29 is 8.42 Å². The molecule has 0 fully saturated rings. The monoisotopic (exact) mass is 316 g/mol. The molecule has 0 heterocycles. The molecule has 2 aromatic rings. The SMILES string of the molecule is Cc1ccc(S(=O)(=O)Nc2ccccc2C=NC(C)C)cc1. The minimum Gasteiger partial charge on any atom is -0.290 e. The lowest BCUT2D eigenvalue weighted by Gasteiger charge is -2.11. The van der Waals surface area contributed by atoms with Gasteiger partial charge in [-0.3, -0.25) is 9.71 Å². The van der Waals surface area contributed by atoms with Crippen molar-refractivity contribution in [2.24, 2.45) is 4.99 Å². The summed E-state index contributed by atoms with van der Waals surface area (Å²) < 4.78 is 27.5. The smallest absolute Gasteiger partial charge is 0.261 e. The first-order valence-corrected chi connectivity index (χ1v) is 8.58. The van der Waals surface area contributed by atoms with Crippen LogP contribution in [-0.2, 0) is 10.0 Å². The van der Waals surface area contributed by atoms with Gasteiger partial charge in [-0.1, -0.05) is 35.9 Å². The summed E-state index contributed by atoms with van der Waals surface area (Å²) in [6.07, 6.45) is 1.69. The third-order valence-corrected chi connectivity index (χ3v) is 4.43. The van der Waals surface area contributed by atoms with Crippen molar-refractivity contribution in [3.05, 3.63) is 59.7 Å². The second-order valence-electron chi connectivity index (χ2n) is 5.38. The molecule has 0 saturated heterocycles. The number of nitrogens with zero attached hydrogens (tertiary/aromatic N) is 1. The molecule has 116 valence electrons. The number of para-hydroxylation sites is 1. The maximum atomic E-state index is 12.4. The highest BCUT2D eigenvalue weighted by atomic mass is 32.2. The lowest BCUT2D eigenvalue weighted by Crippen LogP contribution is -2.14.